The van der Waals surface area contributed by atoms with Crippen molar-refractivity contribution in [1.82, 2.24) is 0 Å². The second-order valence-electron chi connectivity index (χ2n) is 9.77. The average molecular weight is 2260 g/mol. The number of fused-ring (bicyclic) bond motifs is 1. The minimum absolute atomic E-state index is 0.261. The Morgan fingerprint density at radius 3 is 0.679 bits per heavy atom. The first-order valence-corrected chi connectivity index (χ1v) is 97.3. The first-order chi connectivity index (χ1) is 43.1. The predicted octanol–water partition coefficient (Wildman–Crippen LogP) is 3.62. The Bertz CT molecular complexity index is 5600. The molecule has 0 amide bonds. The monoisotopic (exact) mass is 2250 g/mol. The molecule has 4 nitrogen and oxygen atoms in total. The van der Waals surface area contributed by atoms with E-state index in [0.29, 0.717) is 0 Å². The number of nitrogens with two attached hydrogens (primary N) is 1. The van der Waals surface area contributed by atoms with Crippen LogP contribution in [-0.4, -0.2) is 4.92 Å². The smallest absolute Gasteiger partial charge is 0.296 e. The lowest BCUT2D eigenvalue weighted by Crippen LogP contribution is -2.42. The number of nitro groups is 1. The van der Waals surface area contributed by atoms with Crippen LogP contribution in [0, 0.1) is 15.5 Å². The molecular formula is C15H22N2O2S62. The van der Waals surface area contributed by atoms with Crippen molar-refractivity contribution < 1.29 is 17.3 Å². The van der Waals surface area contributed by atoms with Gasteiger partial charge in [0.25, 0.3) is 5.69 Å². The Morgan fingerprint density at radius 2 is 0.531 bits per heavy atom. The molecule has 81 heavy (non-hydrogen) atoms. The Morgan fingerprint density at radius 1 is 0.346 bits per heavy atom. The molecule has 0 saturated heterocycles. The number of nitrogen functional groups attached to an aromatic ring is 1. The number of hydrogen-bond donors (Lipinski definition) is 1. The highest BCUT2D eigenvalue weighted by Gasteiger charge is 2.59. The second kappa shape index (κ2) is 66.6. The van der Waals surface area contributed by atoms with Crippen molar-refractivity contribution in [3.8, 4) is 0 Å². The summed E-state index contributed by atoms with van der Waals surface area (Å²) in [5.41, 5.74) is -2.86. The van der Waals surface area contributed by atoms with Gasteiger partial charge in [-0.1, -0.05) is 47.4 Å². The first kappa shape index (κ1) is 75.7. The van der Waals surface area contributed by atoms with Crippen LogP contribution in [0.2, 0.25) is 0 Å². The van der Waals surface area contributed by atoms with Crippen LogP contribution < -0.4 is 5.73 Å². The molecule has 2 rings (SSSR count). The maximum atomic E-state index is 11.7. The average Bonchev–Trinajstić information content (AvgIpc) is 1.46. The molecule has 476 valence electrons. The molecule has 2 N–H and O–H groups in total. The molecular weight excluding hydrogens is 2230 g/mol. The zero-order valence-corrected chi connectivity index (χ0v) is 86.9. The quantitative estimate of drug-likeness (QED) is 0.265. The van der Waals surface area contributed by atoms with Crippen molar-refractivity contribution in [2.75, 3.05) is 5.73 Å². The van der Waals surface area contributed by atoms with E-state index >= 15 is 0 Å². The predicted molar refractivity (Wildman–Crippen MR) is 534 cm³/mol. The number of hydrogen-bond acceptors (Lipinski definition) is 5. The van der Waals surface area contributed by atoms with Crippen molar-refractivity contribution in [3.63, 3.8) is 0 Å². The van der Waals surface area contributed by atoms with E-state index in [-0.39, 0.29) is 11.3 Å². The summed E-state index contributed by atoms with van der Waals surface area (Å²) in [5.74, 6) is 0. The van der Waals surface area contributed by atoms with Gasteiger partial charge in [-0.15, -0.1) is 0 Å². The van der Waals surface area contributed by atoms with Gasteiger partial charge in [-0.2, -0.15) is 0 Å². The van der Waals surface area contributed by atoms with E-state index in [1.165, 1.54) is 31.6 Å². The van der Waals surface area contributed by atoms with Gasteiger partial charge in [0.15, 0.2) is 0 Å². The van der Waals surface area contributed by atoms with E-state index in [4.69, 9.17) is 40.4 Å². The van der Waals surface area contributed by atoms with Gasteiger partial charge >= 0.3 is 0 Å². The minimum atomic E-state index is -3.31. The molecule has 1 aromatic rings. The minimum Gasteiger partial charge on any atom is -0.393 e. The lowest BCUT2D eigenvalue weighted by molar-refractivity contribution is -0.385. The summed E-state index contributed by atoms with van der Waals surface area (Å²) >= 11 is 9.64. The van der Waals surface area contributed by atoms with E-state index in [0.717, 1.165) is 19.1 Å². The molecule has 1 aromatic carbocycles. The summed E-state index contributed by atoms with van der Waals surface area (Å²) in [6, 6.07) is 2.17. The van der Waals surface area contributed by atoms with Crippen molar-refractivity contribution in [2.24, 2.45) is 5.41 Å². The van der Waals surface area contributed by atoms with Gasteiger partial charge in [-0.05, 0) is 22.5 Å². The number of nitro benzene ring substituents is 1. The Kier molecular flexibility index (Phi) is 62.3. The van der Waals surface area contributed by atoms with Crippen molar-refractivity contribution >= 4 is 567 Å². The maximum Gasteiger partial charge on any atom is 0.296 e. The normalized spacial score (nSPS) is 14.4. The molecule has 0 spiro atoms. The van der Waals surface area contributed by atoms with Crippen LogP contribution in [0.25, 0.3) is 0 Å². The standard InChI is InChI=1S/C15H22N2O2.S62/c1-13(2)9-7-8-10(16)12(17(18)19)11(9)14(3,4)15(13,5)6;1-3-5-7-9-11-13-15-17-19-21-23-25-27-29-31-33-35-37-39-41-43-45-47-49-51-53-55-57-59-61-62-60-58-56-54-52-50-48-46-44-42-40-38-36-34-32-30-28-26-24-22-20-18-16-14-12-10-8-6-4-2/h7-8H,16H2,1-6H3;/i1D3,2D3,5D3;. The lowest BCUT2D eigenvalue weighted by Gasteiger charge is -2.44. The molecule has 0 heterocycles. The van der Waals surface area contributed by atoms with Gasteiger partial charge in [-0.3, -0.25) is 10.1 Å². The molecule has 0 fully saturated rings. The zero-order valence-electron chi connectivity index (χ0n) is 45.3. The molecule has 66 heteroatoms. The van der Waals surface area contributed by atoms with Gasteiger partial charge in [0, 0.05) is 579 Å². The lowest BCUT2D eigenvalue weighted by atomic mass is 9.59. The van der Waals surface area contributed by atoms with Crippen LogP contribution in [0.15, 0.2) is 12.1 Å². The SMILES string of the molecule is S=S=S=S=S=S=S=S=S=S=S=S=S=S=S=S=S=S=S=S=S=S=S=S=S=S=S=S=S=S=S=S=S=S=S=S=S=S=S=S=S=S=S=S=S=S=S=S=S=S=S=S=S=S=S=S=S=S=S=S=S=S.[2H]C([2H])([2H])C1(C)C(C)(C)c2c(ccc(N)c2[N+](=O)[O-])C1(C([2H])([2H])[2H])C([2H])([2H])[2H]. The van der Waals surface area contributed by atoms with Crippen LogP contribution in [0.4, 0.5) is 11.4 Å². The summed E-state index contributed by atoms with van der Waals surface area (Å²) in [7, 11) is 108. The third kappa shape index (κ3) is 50.1. The fourth-order valence-electron chi connectivity index (χ4n) is 3.39. The third-order valence-corrected chi connectivity index (χ3v) is 137. The molecule has 0 saturated carbocycles. The Balaban J connectivity index is 0.00000119. The summed E-state index contributed by atoms with van der Waals surface area (Å²) in [4.78, 5) is 10.9. The molecule has 1 unspecified atom stereocenters. The van der Waals surface area contributed by atoms with Gasteiger partial charge in [-0.25, -0.2) is 0 Å². The second-order valence-corrected chi connectivity index (χ2v) is 116. The molecule has 0 bridgehead atoms. The Hall–Kier alpha value is 12.1. The van der Waals surface area contributed by atoms with Crippen molar-refractivity contribution in [1.29, 1.82) is 0 Å². The summed E-state index contributed by atoms with van der Waals surface area (Å²) in [6.45, 7) is -5.99. The number of rotatable bonds is 1. The van der Waals surface area contributed by atoms with Crippen LogP contribution >= 0.6 is 0 Å². The van der Waals surface area contributed by atoms with Crippen LogP contribution in [0.3, 0.4) is 0 Å². The third-order valence-electron chi connectivity index (χ3n) is 6.06. The Labute approximate surface area is 663 Å². The van der Waals surface area contributed by atoms with E-state index < -0.39 is 53.0 Å². The van der Waals surface area contributed by atoms with Gasteiger partial charge in [0.2, 0.25) is 0 Å². The van der Waals surface area contributed by atoms with E-state index in [2.05, 4.69) is 0 Å². The maximum absolute atomic E-state index is 11.7. The van der Waals surface area contributed by atoms with Crippen molar-refractivity contribution in [3.05, 3.63) is 33.4 Å². The van der Waals surface area contributed by atoms with E-state index in [9.17, 15) is 10.1 Å². The fraction of sp³-hybridized carbons (Fsp3) is 0.600. The van der Waals surface area contributed by atoms with Gasteiger partial charge in [0.05, 0.1) is 4.92 Å². The molecule has 1 atom stereocenters. The highest BCUT2D eigenvalue weighted by atomic mass is 33.5. The molecule has 1 aliphatic carbocycles. The highest BCUT2D eigenvalue weighted by Crippen LogP contribution is 2.63. The number of anilines is 1. The van der Waals surface area contributed by atoms with Gasteiger partial charge < -0.3 is 5.73 Å². The van der Waals surface area contributed by atoms with Crippen molar-refractivity contribution in [2.45, 2.75) is 52.2 Å². The topological polar surface area (TPSA) is 69.2 Å². The molecule has 0 aromatic heterocycles. The summed E-state index contributed by atoms with van der Waals surface area (Å²) in [5, 5.41) is 11.7. The molecule has 1 aliphatic rings. The summed E-state index contributed by atoms with van der Waals surface area (Å²) < 4.78 is 73.2. The van der Waals surface area contributed by atoms with Crippen LogP contribution in [0.5, 0.6) is 0 Å². The zero-order chi connectivity index (χ0) is 66.7. The van der Waals surface area contributed by atoms with E-state index in [1.807, 2.05) is 409 Å². The van der Waals surface area contributed by atoms with Crippen LogP contribution in [-0.2, 0) is 566 Å². The molecule has 0 radical (unpaired) electrons. The number of nitrogens with zero attached hydrogens (tertiary/aromatic N) is 1. The molecule has 0 aliphatic heterocycles. The largest absolute Gasteiger partial charge is 0.393 e. The number of benzene rings is 1. The first-order valence-electron chi connectivity index (χ1n) is 20.5. The summed E-state index contributed by atoms with van der Waals surface area (Å²) in [6.07, 6.45) is 0. The van der Waals surface area contributed by atoms with Gasteiger partial charge in [0.1, 0.15) is 5.69 Å². The van der Waals surface area contributed by atoms with Crippen LogP contribution in [0.1, 0.15) is 64.8 Å². The van der Waals surface area contributed by atoms with E-state index in [1.54, 1.807) is 107 Å². The fourth-order valence-corrected chi connectivity index (χ4v) is 163. The highest BCUT2D eigenvalue weighted by molar-refractivity contribution is 8.83.